The molecule has 0 unspecified atom stereocenters. The summed E-state index contributed by atoms with van der Waals surface area (Å²) in [6.07, 6.45) is 2.57. The van der Waals surface area contributed by atoms with E-state index in [-0.39, 0.29) is 12.5 Å². The molecule has 7 nitrogen and oxygen atoms in total. The Morgan fingerprint density at radius 3 is 2.14 bits per heavy atom. The van der Waals surface area contributed by atoms with Gasteiger partial charge in [0.2, 0.25) is 5.91 Å². The van der Waals surface area contributed by atoms with Crippen LogP contribution < -0.4 is 5.32 Å². The molecule has 0 saturated carbocycles. The van der Waals surface area contributed by atoms with Crippen LogP contribution in [-0.4, -0.2) is 65.0 Å². The van der Waals surface area contributed by atoms with Crippen LogP contribution in [0.4, 0.5) is 4.79 Å². The van der Waals surface area contributed by atoms with Gasteiger partial charge in [-0.25, -0.2) is 9.59 Å². The highest BCUT2D eigenvalue weighted by Gasteiger charge is 2.37. The minimum absolute atomic E-state index is 0.0328. The molecule has 3 amide bonds. The molecule has 0 bridgehead atoms. The number of hydrogen-bond acceptors (Lipinski definition) is 3. The summed E-state index contributed by atoms with van der Waals surface area (Å²) in [5.74, 6) is -1.15. The zero-order valence-corrected chi connectivity index (χ0v) is 13.0. The summed E-state index contributed by atoms with van der Waals surface area (Å²) in [7, 11) is 1.50. The van der Waals surface area contributed by atoms with Crippen molar-refractivity contribution in [3.8, 4) is 0 Å². The minimum atomic E-state index is -1.28. The normalized spacial score (nSPS) is 14.9. The maximum atomic E-state index is 12.1. The lowest BCUT2D eigenvalue weighted by atomic mass is 9.93. The highest BCUT2D eigenvalue weighted by Crippen LogP contribution is 2.16. The molecular formula is C14H25N3O4. The number of nitrogens with zero attached hydrogens (tertiary/aromatic N) is 2. The Morgan fingerprint density at radius 1 is 1.19 bits per heavy atom. The molecule has 120 valence electrons. The average molecular weight is 299 g/mol. The molecule has 1 aliphatic heterocycles. The minimum Gasteiger partial charge on any atom is -0.480 e. The summed E-state index contributed by atoms with van der Waals surface area (Å²) in [5.41, 5.74) is -1.28. The van der Waals surface area contributed by atoms with Gasteiger partial charge in [0.15, 0.2) is 0 Å². The molecule has 0 aromatic carbocycles. The number of hydrogen-bond donors (Lipinski definition) is 2. The van der Waals surface area contributed by atoms with E-state index in [2.05, 4.69) is 5.32 Å². The molecule has 21 heavy (non-hydrogen) atoms. The fraction of sp³-hybridized carbons (Fsp3) is 0.786. The number of rotatable bonds is 6. The first-order chi connectivity index (χ1) is 9.86. The van der Waals surface area contributed by atoms with Crippen molar-refractivity contribution in [2.75, 3.05) is 26.7 Å². The maximum Gasteiger partial charge on any atom is 0.329 e. The van der Waals surface area contributed by atoms with Crippen LogP contribution in [0.2, 0.25) is 0 Å². The lowest BCUT2D eigenvalue weighted by Gasteiger charge is -2.31. The van der Waals surface area contributed by atoms with Crippen molar-refractivity contribution >= 4 is 17.9 Å². The standard InChI is InChI=1S/C14H25N3O4/c1-4-14(5-2,12(19)20)15-13(21)16(3)10-11(18)17-8-6-7-9-17/h4-10H2,1-3H3,(H,15,21)(H,19,20). The lowest BCUT2D eigenvalue weighted by Crippen LogP contribution is -2.57. The Morgan fingerprint density at radius 2 is 1.71 bits per heavy atom. The van der Waals surface area contributed by atoms with Gasteiger partial charge in [-0.05, 0) is 25.7 Å². The SMILES string of the molecule is CCC(CC)(NC(=O)N(C)CC(=O)N1CCCC1)C(=O)O. The third-order valence-electron chi connectivity index (χ3n) is 4.14. The van der Waals surface area contributed by atoms with Gasteiger partial charge in [-0.3, -0.25) is 4.79 Å². The Hall–Kier alpha value is -1.79. The fourth-order valence-electron chi connectivity index (χ4n) is 2.42. The second-order valence-electron chi connectivity index (χ2n) is 5.47. The maximum absolute atomic E-state index is 12.1. The first kappa shape index (κ1) is 17.3. The van der Waals surface area contributed by atoms with Crippen molar-refractivity contribution in [2.45, 2.75) is 45.1 Å². The second-order valence-corrected chi connectivity index (χ2v) is 5.47. The first-order valence-electron chi connectivity index (χ1n) is 7.40. The van der Waals surface area contributed by atoms with Gasteiger partial charge in [0.25, 0.3) is 0 Å². The first-order valence-corrected chi connectivity index (χ1v) is 7.40. The molecule has 2 N–H and O–H groups in total. The van der Waals surface area contributed by atoms with Crippen molar-refractivity contribution < 1.29 is 19.5 Å². The van der Waals surface area contributed by atoms with Gasteiger partial charge < -0.3 is 20.2 Å². The molecule has 1 rings (SSSR count). The van der Waals surface area contributed by atoms with Crippen molar-refractivity contribution in [2.24, 2.45) is 0 Å². The average Bonchev–Trinajstić information content (AvgIpc) is 2.98. The Kier molecular flexibility index (Phi) is 5.99. The van der Waals surface area contributed by atoms with Crippen LogP contribution in [0.25, 0.3) is 0 Å². The summed E-state index contributed by atoms with van der Waals surface area (Å²) in [5, 5.41) is 11.8. The number of carbonyl (C=O) groups excluding carboxylic acids is 2. The third-order valence-corrected chi connectivity index (χ3v) is 4.14. The molecule has 0 atom stereocenters. The number of aliphatic carboxylic acids is 1. The van der Waals surface area contributed by atoms with Gasteiger partial charge in [0.05, 0.1) is 0 Å². The van der Waals surface area contributed by atoms with E-state index >= 15 is 0 Å². The molecule has 1 heterocycles. The van der Waals surface area contributed by atoms with Gasteiger partial charge in [0.1, 0.15) is 12.1 Å². The van der Waals surface area contributed by atoms with Crippen molar-refractivity contribution in [1.29, 1.82) is 0 Å². The summed E-state index contributed by atoms with van der Waals surface area (Å²) >= 11 is 0. The number of likely N-dealkylation sites (N-methyl/N-ethyl adjacent to an activating group) is 1. The van der Waals surface area contributed by atoms with E-state index in [4.69, 9.17) is 0 Å². The molecule has 0 aromatic heterocycles. The molecular weight excluding hydrogens is 274 g/mol. The van der Waals surface area contributed by atoms with Crippen LogP contribution in [-0.2, 0) is 9.59 Å². The number of carboxylic acid groups (broad SMARTS) is 1. The van der Waals surface area contributed by atoms with Gasteiger partial charge >= 0.3 is 12.0 Å². The molecule has 0 radical (unpaired) electrons. The van der Waals surface area contributed by atoms with Crippen molar-refractivity contribution in [3.63, 3.8) is 0 Å². The van der Waals surface area contributed by atoms with Gasteiger partial charge in [-0.1, -0.05) is 13.8 Å². The predicted octanol–water partition coefficient (Wildman–Crippen LogP) is 0.894. The highest BCUT2D eigenvalue weighted by atomic mass is 16.4. The number of likely N-dealkylation sites (tertiary alicyclic amines) is 1. The molecule has 1 aliphatic rings. The summed E-state index contributed by atoms with van der Waals surface area (Å²) in [4.78, 5) is 38.4. The van der Waals surface area contributed by atoms with Crippen LogP contribution in [0.3, 0.4) is 0 Å². The van der Waals surface area contributed by atoms with Crippen LogP contribution in [0.5, 0.6) is 0 Å². The quantitative estimate of drug-likeness (QED) is 0.762. The van der Waals surface area contributed by atoms with E-state index in [1.165, 1.54) is 11.9 Å². The van der Waals surface area contributed by atoms with Gasteiger partial charge in [0, 0.05) is 20.1 Å². The summed E-state index contributed by atoms with van der Waals surface area (Å²) < 4.78 is 0. The fourth-order valence-corrected chi connectivity index (χ4v) is 2.42. The number of carboxylic acids is 1. The van der Waals surface area contributed by atoms with Crippen molar-refractivity contribution in [1.82, 2.24) is 15.1 Å². The molecule has 0 aliphatic carbocycles. The van der Waals surface area contributed by atoms with E-state index in [9.17, 15) is 19.5 Å². The van der Waals surface area contributed by atoms with Gasteiger partial charge in [-0.15, -0.1) is 0 Å². The van der Waals surface area contributed by atoms with E-state index in [1.807, 2.05) is 0 Å². The molecule has 0 spiro atoms. The van der Waals surface area contributed by atoms with E-state index in [0.29, 0.717) is 12.8 Å². The lowest BCUT2D eigenvalue weighted by molar-refractivity contribution is -0.144. The number of amides is 3. The van der Waals surface area contributed by atoms with E-state index in [0.717, 1.165) is 25.9 Å². The Bertz CT molecular complexity index is 401. The predicted molar refractivity (Wildman–Crippen MR) is 77.9 cm³/mol. The monoisotopic (exact) mass is 299 g/mol. The van der Waals surface area contributed by atoms with Crippen LogP contribution in [0, 0.1) is 0 Å². The molecule has 0 aromatic rings. The zero-order valence-electron chi connectivity index (χ0n) is 13.0. The van der Waals surface area contributed by atoms with Crippen LogP contribution in [0.1, 0.15) is 39.5 Å². The number of nitrogens with one attached hydrogen (secondary N) is 1. The second kappa shape index (κ2) is 7.28. The van der Waals surface area contributed by atoms with E-state index < -0.39 is 17.5 Å². The highest BCUT2D eigenvalue weighted by molar-refractivity contribution is 5.88. The van der Waals surface area contributed by atoms with Gasteiger partial charge in [-0.2, -0.15) is 0 Å². The third kappa shape index (κ3) is 4.09. The Balaban J connectivity index is 2.60. The molecule has 1 fully saturated rings. The zero-order chi connectivity index (χ0) is 16.0. The summed E-state index contributed by atoms with van der Waals surface area (Å²) in [6.45, 7) is 4.87. The van der Waals surface area contributed by atoms with E-state index in [1.54, 1.807) is 18.7 Å². The van der Waals surface area contributed by atoms with Crippen molar-refractivity contribution in [3.05, 3.63) is 0 Å². The Labute approximate surface area is 125 Å². The van der Waals surface area contributed by atoms with Crippen LogP contribution in [0.15, 0.2) is 0 Å². The largest absolute Gasteiger partial charge is 0.480 e. The van der Waals surface area contributed by atoms with Crippen LogP contribution >= 0.6 is 0 Å². The number of carbonyl (C=O) groups is 3. The molecule has 7 heteroatoms. The topological polar surface area (TPSA) is 90.0 Å². The molecule has 1 saturated heterocycles. The number of urea groups is 1. The smallest absolute Gasteiger partial charge is 0.329 e. The summed E-state index contributed by atoms with van der Waals surface area (Å²) in [6, 6.07) is -0.534.